The highest BCUT2D eigenvalue weighted by atomic mass is 16.2. The monoisotopic (exact) mass is 229 g/mol. The summed E-state index contributed by atoms with van der Waals surface area (Å²) < 4.78 is 0. The fraction of sp³-hybridized carbons (Fsp3) is 1.00. The molecule has 0 bridgehead atoms. The molecule has 0 radical (unpaired) electrons. The zero-order valence-corrected chi connectivity index (χ0v) is 11.5. The molecule has 0 heterocycles. The average molecular weight is 229 g/mol. The van der Waals surface area contributed by atoms with Gasteiger partial charge in [0.1, 0.15) is 0 Å². The van der Waals surface area contributed by atoms with Gasteiger partial charge in [0.15, 0.2) is 0 Å². The maximum absolute atomic E-state index is 8.07. The summed E-state index contributed by atoms with van der Waals surface area (Å²) in [6.07, 6.45) is 10.6. The topological polar surface area (TPSA) is 32.3 Å². The van der Waals surface area contributed by atoms with Crippen LogP contribution in [0.3, 0.4) is 0 Å². The van der Waals surface area contributed by atoms with E-state index >= 15 is 0 Å². The molecule has 1 saturated carbocycles. The van der Waals surface area contributed by atoms with Crippen LogP contribution in [0.5, 0.6) is 0 Å². The van der Waals surface area contributed by atoms with Gasteiger partial charge in [-0.2, -0.15) is 0 Å². The Morgan fingerprint density at radius 2 is 1.81 bits per heavy atom. The molecule has 0 aromatic rings. The highest BCUT2D eigenvalue weighted by Crippen LogP contribution is 2.27. The Balaban J connectivity index is 0.000000385. The van der Waals surface area contributed by atoms with E-state index in [-0.39, 0.29) is 0 Å². The van der Waals surface area contributed by atoms with Crippen molar-refractivity contribution in [2.75, 3.05) is 13.7 Å². The van der Waals surface area contributed by atoms with Crippen molar-refractivity contribution in [3.63, 3.8) is 0 Å². The molecule has 2 N–H and O–H groups in total. The molecule has 2 nitrogen and oxygen atoms in total. The van der Waals surface area contributed by atoms with Crippen LogP contribution in [0.15, 0.2) is 0 Å². The first-order chi connectivity index (χ1) is 7.79. The van der Waals surface area contributed by atoms with E-state index < -0.39 is 0 Å². The van der Waals surface area contributed by atoms with Gasteiger partial charge in [-0.25, -0.2) is 0 Å². The summed E-state index contributed by atoms with van der Waals surface area (Å²) in [5.41, 5.74) is 0. The lowest BCUT2D eigenvalue weighted by atomic mass is 9.82. The molecule has 98 valence electrons. The van der Waals surface area contributed by atoms with E-state index in [1.54, 1.807) is 0 Å². The molecule has 1 aliphatic rings. The SMILES string of the molecule is CCCC1CCCCC1NC.CCCCO. The second-order valence-electron chi connectivity index (χ2n) is 4.81. The third kappa shape index (κ3) is 7.24. The molecule has 1 aliphatic carbocycles. The zero-order chi connectivity index (χ0) is 12.2. The minimum atomic E-state index is 0.344. The van der Waals surface area contributed by atoms with Crippen molar-refractivity contribution < 1.29 is 5.11 Å². The fourth-order valence-electron chi connectivity index (χ4n) is 2.46. The maximum Gasteiger partial charge on any atom is 0.0430 e. The highest BCUT2D eigenvalue weighted by Gasteiger charge is 2.22. The van der Waals surface area contributed by atoms with Crippen molar-refractivity contribution >= 4 is 0 Å². The summed E-state index contributed by atoms with van der Waals surface area (Å²) >= 11 is 0. The number of aliphatic hydroxyl groups excluding tert-OH is 1. The Bertz CT molecular complexity index is 135. The Kier molecular flexibility index (Phi) is 11.3. The Morgan fingerprint density at radius 1 is 1.12 bits per heavy atom. The fourth-order valence-corrected chi connectivity index (χ4v) is 2.46. The Labute approximate surface area is 102 Å². The number of hydrogen-bond donors (Lipinski definition) is 2. The van der Waals surface area contributed by atoms with Gasteiger partial charge in [-0.3, -0.25) is 0 Å². The highest BCUT2D eigenvalue weighted by molar-refractivity contribution is 4.79. The van der Waals surface area contributed by atoms with Crippen molar-refractivity contribution in [3.05, 3.63) is 0 Å². The van der Waals surface area contributed by atoms with Crippen LogP contribution in [0.4, 0.5) is 0 Å². The second-order valence-corrected chi connectivity index (χ2v) is 4.81. The molecule has 0 aliphatic heterocycles. The lowest BCUT2D eigenvalue weighted by molar-refractivity contribution is 0.258. The first kappa shape index (κ1) is 15.9. The van der Waals surface area contributed by atoms with Crippen LogP contribution in [-0.4, -0.2) is 24.8 Å². The van der Waals surface area contributed by atoms with Crippen LogP contribution in [0.1, 0.15) is 65.2 Å². The van der Waals surface area contributed by atoms with E-state index in [2.05, 4.69) is 26.2 Å². The summed E-state index contributed by atoms with van der Waals surface area (Å²) in [6.45, 7) is 4.69. The van der Waals surface area contributed by atoms with Crippen LogP contribution < -0.4 is 5.32 Å². The molecule has 2 unspecified atom stereocenters. The first-order valence-electron chi connectivity index (χ1n) is 7.08. The normalized spacial score (nSPS) is 24.8. The quantitative estimate of drug-likeness (QED) is 0.758. The van der Waals surface area contributed by atoms with E-state index in [0.29, 0.717) is 6.61 Å². The number of unbranched alkanes of at least 4 members (excludes halogenated alkanes) is 1. The number of hydrogen-bond acceptors (Lipinski definition) is 2. The number of aliphatic hydroxyl groups is 1. The predicted octanol–water partition coefficient (Wildman–Crippen LogP) is 3.34. The summed E-state index contributed by atoms with van der Waals surface area (Å²) in [7, 11) is 2.11. The van der Waals surface area contributed by atoms with Crippen LogP contribution in [0.25, 0.3) is 0 Å². The van der Waals surface area contributed by atoms with Gasteiger partial charge in [0.25, 0.3) is 0 Å². The molecule has 1 rings (SSSR count). The van der Waals surface area contributed by atoms with Crippen molar-refractivity contribution in [3.8, 4) is 0 Å². The van der Waals surface area contributed by atoms with Crippen molar-refractivity contribution in [1.82, 2.24) is 5.32 Å². The molecular weight excluding hydrogens is 198 g/mol. The third-order valence-corrected chi connectivity index (χ3v) is 3.45. The third-order valence-electron chi connectivity index (χ3n) is 3.45. The van der Waals surface area contributed by atoms with Crippen LogP contribution in [0.2, 0.25) is 0 Å². The van der Waals surface area contributed by atoms with Crippen LogP contribution in [0, 0.1) is 5.92 Å². The summed E-state index contributed by atoms with van der Waals surface area (Å²) in [5, 5.41) is 11.5. The van der Waals surface area contributed by atoms with Crippen LogP contribution in [-0.2, 0) is 0 Å². The van der Waals surface area contributed by atoms with Gasteiger partial charge in [0, 0.05) is 12.6 Å². The Hall–Kier alpha value is -0.0800. The lowest BCUT2D eigenvalue weighted by Gasteiger charge is -2.31. The average Bonchev–Trinajstić information content (AvgIpc) is 2.32. The van der Waals surface area contributed by atoms with Gasteiger partial charge >= 0.3 is 0 Å². The van der Waals surface area contributed by atoms with Gasteiger partial charge in [-0.15, -0.1) is 0 Å². The largest absolute Gasteiger partial charge is 0.396 e. The van der Waals surface area contributed by atoms with Crippen LogP contribution >= 0.6 is 0 Å². The summed E-state index contributed by atoms with van der Waals surface area (Å²) in [6, 6.07) is 0.823. The molecule has 0 aromatic carbocycles. The number of rotatable bonds is 5. The van der Waals surface area contributed by atoms with E-state index in [4.69, 9.17) is 5.11 Å². The van der Waals surface area contributed by atoms with Gasteiger partial charge in [0.05, 0.1) is 0 Å². The first-order valence-corrected chi connectivity index (χ1v) is 7.08. The molecule has 0 aromatic heterocycles. The molecule has 0 saturated heterocycles. The second kappa shape index (κ2) is 11.4. The standard InChI is InChI=1S/C10H21N.C4H10O/c1-3-6-9-7-4-5-8-10(9)11-2;1-2-3-4-5/h9-11H,3-8H2,1-2H3;5H,2-4H2,1H3. The lowest BCUT2D eigenvalue weighted by Crippen LogP contribution is -2.35. The van der Waals surface area contributed by atoms with Gasteiger partial charge in [-0.05, 0) is 38.6 Å². The smallest absolute Gasteiger partial charge is 0.0430 e. The molecular formula is C14H31NO. The van der Waals surface area contributed by atoms with Gasteiger partial charge in [0.2, 0.25) is 0 Å². The molecule has 0 spiro atoms. The van der Waals surface area contributed by atoms with Crippen molar-refractivity contribution in [2.24, 2.45) is 5.92 Å². The summed E-state index contributed by atoms with van der Waals surface area (Å²) in [5.74, 6) is 0.971. The van der Waals surface area contributed by atoms with Crippen molar-refractivity contribution in [1.29, 1.82) is 0 Å². The summed E-state index contributed by atoms with van der Waals surface area (Å²) in [4.78, 5) is 0. The molecule has 2 heteroatoms. The van der Waals surface area contributed by atoms with E-state index in [9.17, 15) is 0 Å². The predicted molar refractivity (Wildman–Crippen MR) is 71.7 cm³/mol. The number of nitrogens with one attached hydrogen (secondary N) is 1. The van der Waals surface area contributed by atoms with Gasteiger partial charge < -0.3 is 10.4 Å². The van der Waals surface area contributed by atoms with E-state index in [1.807, 2.05) is 0 Å². The van der Waals surface area contributed by atoms with Gasteiger partial charge in [-0.1, -0.05) is 39.5 Å². The minimum Gasteiger partial charge on any atom is -0.396 e. The van der Waals surface area contributed by atoms with E-state index in [0.717, 1.165) is 24.8 Å². The van der Waals surface area contributed by atoms with E-state index in [1.165, 1.54) is 38.5 Å². The Morgan fingerprint density at radius 3 is 2.25 bits per heavy atom. The minimum absolute atomic E-state index is 0.344. The maximum atomic E-state index is 8.07. The zero-order valence-electron chi connectivity index (χ0n) is 11.5. The molecule has 2 atom stereocenters. The van der Waals surface area contributed by atoms with Crippen molar-refractivity contribution in [2.45, 2.75) is 71.3 Å². The molecule has 0 amide bonds. The molecule has 1 fully saturated rings. The molecule has 16 heavy (non-hydrogen) atoms.